The molecule has 0 spiro atoms. The number of rotatable bonds is 2. The van der Waals surface area contributed by atoms with Crippen LogP contribution in [0, 0.1) is 11.8 Å². The quantitative estimate of drug-likeness (QED) is 0.715. The first-order valence-electron chi connectivity index (χ1n) is 5.43. The Hall–Kier alpha value is -0.370. The minimum atomic E-state index is 0.253. The fourth-order valence-electron chi connectivity index (χ4n) is 1.64. The number of piperidine rings is 1. The summed E-state index contributed by atoms with van der Waals surface area (Å²) in [6, 6.07) is 0. The topological polar surface area (TPSA) is 29.1 Å². The SMILES string of the molecule is CC.CC(=O)C(C)C1CCCNC1. The monoisotopic (exact) mass is 185 g/mol. The number of carbonyl (C=O) groups excluding carboxylic acids is 1. The molecule has 2 unspecified atom stereocenters. The van der Waals surface area contributed by atoms with Gasteiger partial charge in [0.2, 0.25) is 0 Å². The Balaban J connectivity index is 0.000000671. The van der Waals surface area contributed by atoms with Crippen LogP contribution in [0.2, 0.25) is 0 Å². The maximum Gasteiger partial charge on any atom is 0.132 e. The number of ketones is 1. The lowest BCUT2D eigenvalue weighted by atomic mass is 9.85. The molecular weight excluding hydrogens is 162 g/mol. The molecule has 0 bridgehead atoms. The summed E-state index contributed by atoms with van der Waals surface area (Å²) in [5, 5.41) is 3.32. The molecule has 2 heteroatoms. The summed E-state index contributed by atoms with van der Waals surface area (Å²) in [6.07, 6.45) is 2.44. The second kappa shape index (κ2) is 7.07. The molecule has 1 aliphatic rings. The molecule has 2 atom stereocenters. The Labute approximate surface area is 82.1 Å². The van der Waals surface area contributed by atoms with Crippen LogP contribution in [-0.2, 0) is 4.79 Å². The van der Waals surface area contributed by atoms with Crippen LogP contribution in [-0.4, -0.2) is 18.9 Å². The zero-order valence-electron chi connectivity index (χ0n) is 9.39. The maximum atomic E-state index is 11.0. The van der Waals surface area contributed by atoms with Crippen molar-refractivity contribution in [3.63, 3.8) is 0 Å². The molecule has 1 rings (SSSR count). The van der Waals surface area contributed by atoms with Gasteiger partial charge in [0.05, 0.1) is 0 Å². The third-order valence-corrected chi connectivity index (χ3v) is 2.68. The van der Waals surface area contributed by atoms with Crippen LogP contribution in [0.3, 0.4) is 0 Å². The van der Waals surface area contributed by atoms with Crippen LogP contribution in [0.5, 0.6) is 0 Å². The van der Waals surface area contributed by atoms with E-state index in [0.717, 1.165) is 13.1 Å². The van der Waals surface area contributed by atoms with Gasteiger partial charge < -0.3 is 5.32 Å². The van der Waals surface area contributed by atoms with Gasteiger partial charge in [0.15, 0.2) is 0 Å². The zero-order chi connectivity index (χ0) is 10.3. The van der Waals surface area contributed by atoms with Crippen molar-refractivity contribution in [3.05, 3.63) is 0 Å². The second-order valence-corrected chi connectivity index (χ2v) is 3.51. The Kier molecular flexibility index (Phi) is 6.87. The van der Waals surface area contributed by atoms with E-state index in [1.807, 2.05) is 20.8 Å². The summed E-state index contributed by atoms with van der Waals surface area (Å²) >= 11 is 0. The molecule has 0 aromatic rings. The Morgan fingerprint density at radius 1 is 1.46 bits per heavy atom. The van der Waals surface area contributed by atoms with Crippen molar-refractivity contribution in [2.24, 2.45) is 11.8 Å². The predicted molar refractivity (Wildman–Crippen MR) is 56.8 cm³/mol. The average Bonchev–Trinajstić information content (AvgIpc) is 2.21. The van der Waals surface area contributed by atoms with Gasteiger partial charge in [-0.1, -0.05) is 20.8 Å². The minimum Gasteiger partial charge on any atom is -0.316 e. The molecule has 78 valence electrons. The predicted octanol–water partition coefficient (Wildman–Crippen LogP) is 2.24. The third kappa shape index (κ3) is 4.41. The lowest BCUT2D eigenvalue weighted by Gasteiger charge is -2.26. The summed E-state index contributed by atoms with van der Waals surface area (Å²) in [5.74, 6) is 1.17. The van der Waals surface area contributed by atoms with Gasteiger partial charge in [0.25, 0.3) is 0 Å². The molecule has 1 aliphatic heterocycles. The Bertz CT molecular complexity index is 139. The van der Waals surface area contributed by atoms with Crippen molar-refractivity contribution in [1.29, 1.82) is 0 Å². The van der Waals surface area contributed by atoms with Crippen LogP contribution in [0.1, 0.15) is 40.5 Å². The van der Waals surface area contributed by atoms with Crippen molar-refractivity contribution in [1.82, 2.24) is 5.32 Å². The van der Waals surface area contributed by atoms with Crippen LogP contribution in [0.4, 0.5) is 0 Å². The molecule has 0 aromatic heterocycles. The molecule has 1 fully saturated rings. The van der Waals surface area contributed by atoms with Crippen LogP contribution in [0.15, 0.2) is 0 Å². The number of carbonyl (C=O) groups is 1. The number of nitrogens with one attached hydrogen (secondary N) is 1. The van der Waals surface area contributed by atoms with Crippen LogP contribution >= 0.6 is 0 Å². The minimum absolute atomic E-state index is 0.253. The second-order valence-electron chi connectivity index (χ2n) is 3.51. The maximum absolute atomic E-state index is 11.0. The molecule has 0 amide bonds. The largest absolute Gasteiger partial charge is 0.316 e. The lowest BCUT2D eigenvalue weighted by molar-refractivity contribution is -0.121. The summed E-state index contributed by atoms with van der Waals surface area (Å²) < 4.78 is 0. The molecule has 13 heavy (non-hydrogen) atoms. The van der Waals surface area contributed by atoms with Gasteiger partial charge >= 0.3 is 0 Å². The zero-order valence-corrected chi connectivity index (χ0v) is 9.39. The summed E-state index contributed by atoms with van der Waals surface area (Å²) in [6.45, 7) is 9.89. The molecular formula is C11H23NO. The molecule has 0 aromatic carbocycles. The molecule has 0 radical (unpaired) electrons. The fourth-order valence-corrected chi connectivity index (χ4v) is 1.64. The van der Waals surface area contributed by atoms with Gasteiger partial charge in [-0.05, 0) is 38.8 Å². The number of hydrogen-bond acceptors (Lipinski definition) is 2. The first-order valence-corrected chi connectivity index (χ1v) is 5.43. The molecule has 1 heterocycles. The number of hydrogen-bond donors (Lipinski definition) is 1. The van der Waals surface area contributed by atoms with E-state index in [0.29, 0.717) is 11.7 Å². The molecule has 0 saturated carbocycles. The Morgan fingerprint density at radius 2 is 2.08 bits per heavy atom. The summed E-state index contributed by atoms with van der Waals surface area (Å²) in [5.41, 5.74) is 0. The van der Waals surface area contributed by atoms with Gasteiger partial charge in [0, 0.05) is 5.92 Å². The van der Waals surface area contributed by atoms with Gasteiger partial charge in [0.1, 0.15) is 5.78 Å². The summed E-state index contributed by atoms with van der Waals surface area (Å²) in [7, 11) is 0. The normalized spacial score (nSPS) is 24.2. The van der Waals surface area contributed by atoms with Gasteiger partial charge in [-0.15, -0.1) is 0 Å². The highest BCUT2D eigenvalue weighted by atomic mass is 16.1. The summed E-state index contributed by atoms with van der Waals surface area (Å²) in [4.78, 5) is 11.0. The first-order chi connectivity index (χ1) is 6.22. The van der Waals surface area contributed by atoms with E-state index in [1.54, 1.807) is 6.92 Å². The van der Waals surface area contributed by atoms with Crippen molar-refractivity contribution in [2.45, 2.75) is 40.5 Å². The van der Waals surface area contributed by atoms with Gasteiger partial charge in [-0.3, -0.25) is 4.79 Å². The average molecular weight is 185 g/mol. The van der Waals surface area contributed by atoms with E-state index in [9.17, 15) is 4.79 Å². The van der Waals surface area contributed by atoms with Crippen LogP contribution in [0.25, 0.3) is 0 Å². The standard InChI is InChI=1S/C9H17NO.C2H6/c1-7(8(2)11)9-4-3-5-10-6-9;1-2/h7,9-10H,3-6H2,1-2H3;1-2H3. The molecule has 1 saturated heterocycles. The lowest BCUT2D eigenvalue weighted by Crippen LogP contribution is -2.35. The highest BCUT2D eigenvalue weighted by Gasteiger charge is 2.22. The van der Waals surface area contributed by atoms with E-state index in [1.165, 1.54) is 12.8 Å². The van der Waals surface area contributed by atoms with Crippen molar-refractivity contribution < 1.29 is 4.79 Å². The Morgan fingerprint density at radius 3 is 2.46 bits per heavy atom. The van der Waals surface area contributed by atoms with E-state index in [4.69, 9.17) is 0 Å². The fraction of sp³-hybridized carbons (Fsp3) is 0.909. The van der Waals surface area contributed by atoms with Crippen molar-refractivity contribution >= 4 is 5.78 Å². The molecule has 0 aliphatic carbocycles. The van der Waals surface area contributed by atoms with E-state index in [2.05, 4.69) is 5.32 Å². The first kappa shape index (κ1) is 12.6. The molecule has 1 N–H and O–H groups in total. The van der Waals surface area contributed by atoms with Crippen molar-refractivity contribution in [2.75, 3.05) is 13.1 Å². The van der Waals surface area contributed by atoms with Gasteiger partial charge in [-0.2, -0.15) is 0 Å². The highest BCUT2D eigenvalue weighted by Crippen LogP contribution is 2.19. The smallest absolute Gasteiger partial charge is 0.132 e. The van der Waals surface area contributed by atoms with Crippen molar-refractivity contribution in [3.8, 4) is 0 Å². The van der Waals surface area contributed by atoms with E-state index >= 15 is 0 Å². The molecule has 2 nitrogen and oxygen atoms in total. The van der Waals surface area contributed by atoms with E-state index < -0.39 is 0 Å². The van der Waals surface area contributed by atoms with Crippen LogP contribution < -0.4 is 5.32 Å². The number of Topliss-reactive ketones (excluding diaryl/α,β-unsaturated/α-hetero) is 1. The van der Waals surface area contributed by atoms with Gasteiger partial charge in [-0.25, -0.2) is 0 Å². The highest BCUT2D eigenvalue weighted by molar-refractivity contribution is 5.78. The third-order valence-electron chi connectivity index (χ3n) is 2.68. The van der Waals surface area contributed by atoms with E-state index in [-0.39, 0.29) is 5.92 Å².